The quantitative estimate of drug-likeness (QED) is 0.438. The van der Waals surface area contributed by atoms with Crippen molar-refractivity contribution < 1.29 is 4.79 Å². The minimum atomic E-state index is 0.387. The highest BCUT2D eigenvalue weighted by molar-refractivity contribution is 14.1. The van der Waals surface area contributed by atoms with Crippen LogP contribution in [0.15, 0.2) is 0 Å². The molecule has 0 unspecified atom stereocenters. The molecule has 2 aliphatic rings. The number of likely N-dealkylation sites (tertiary alicyclic amines) is 2. The van der Waals surface area contributed by atoms with Gasteiger partial charge in [-0.3, -0.25) is 9.69 Å². The molecule has 0 bridgehead atoms. The monoisotopic (exact) mass is 308 g/mol. The summed E-state index contributed by atoms with van der Waals surface area (Å²) < 4.78 is 1.12. The molecule has 0 atom stereocenters. The van der Waals surface area contributed by atoms with Gasteiger partial charge in [0.05, 0.1) is 4.55 Å². The van der Waals surface area contributed by atoms with Crippen molar-refractivity contribution in [2.45, 2.75) is 31.7 Å². The van der Waals surface area contributed by atoms with Crippen molar-refractivity contribution in [1.82, 2.24) is 9.80 Å². The van der Waals surface area contributed by atoms with Gasteiger partial charge in [-0.1, -0.05) is 22.6 Å². The van der Waals surface area contributed by atoms with Crippen LogP contribution in [0.25, 0.3) is 0 Å². The van der Waals surface area contributed by atoms with Crippen molar-refractivity contribution >= 4 is 28.5 Å². The van der Waals surface area contributed by atoms with Crippen LogP contribution in [0.5, 0.6) is 0 Å². The van der Waals surface area contributed by atoms with Crippen molar-refractivity contribution in [2.75, 3.05) is 24.2 Å². The van der Waals surface area contributed by atoms with Gasteiger partial charge in [0, 0.05) is 32.1 Å². The van der Waals surface area contributed by atoms with Crippen LogP contribution in [0.3, 0.4) is 0 Å². The fourth-order valence-electron chi connectivity index (χ4n) is 2.41. The zero-order valence-electron chi connectivity index (χ0n) is 8.41. The summed E-state index contributed by atoms with van der Waals surface area (Å²) in [4.78, 5) is 16.1. The minimum absolute atomic E-state index is 0.387. The highest BCUT2D eigenvalue weighted by atomic mass is 127. The molecule has 0 aliphatic carbocycles. The lowest BCUT2D eigenvalue weighted by Crippen LogP contribution is -2.44. The molecule has 0 radical (unpaired) electrons. The molecule has 14 heavy (non-hydrogen) atoms. The molecule has 0 aromatic heterocycles. The van der Waals surface area contributed by atoms with Gasteiger partial charge in [0.25, 0.3) is 0 Å². The van der Waals surface area contributed by atoms with E-state index in [-0.39, 0.29) is 0 Å². The first-order chi connectivity index (χ1) is 6.81. The van der Waals surface area contributed by atoms with E-state index in [1.807, 2.05) is 0 Å². The first-order valence-corrected chi connectivity index (χ1v) is 6.91. The molecule has 4 heteroatoms. The highest BCUT2D eigenvalue weighted by Crippen LogP contribution is 2.22. The second kappa shape index (κ2) is 4.79. The molecule has 2 rings (SSSR count). The molecule has 0 saturated carbocycles. The second-order valence-electron chi connectivity index (χ2n) is 4.16. The van der Waals surface area contributed by atoms with Crippen LogP contribution in [0.4, 0.5) is 0 Å². The van der Waals surface area contributed by atoms with E-state index in [9.17, 15) is 4.79 Å². The summed E-state index contributed by atoms with van der Waals surface area (Å²) in [6.07, 6.45) is 4.21. The molecule has 80 valence electrons. The van der Waals surface area contributed by atoms with Crippen LogP contribution < -0.4 is 0 Å². The summed E-state index contributed by atoms with van der Waals surface area (Å²) in [6, 6.07) is 0.546. The molecular weight excluding hydrogens is 291 g/mol. The SMILES string of the molecule is O=C1CCCN1C1CCN(CI)CC1. The number of hydrogen-bond donors (Lipinski definition) is 0. The number of rotatable bonds is 2. The Hall–Kier alpha value is 0.160. The average molecular weight is 308 g/mol. The molecule has 1 amide bonds. The lowest BCUT2D eigenvalue weighted by Gasteiger charge is -2.35. The molecule has 2 saturated heterocycles. The third kappa shape index (κ3) is 2.21. The van der Waals surface area contributed by atoms with Gasteiger partial charge in [-0.05, 0) is 19.3 Å². The normalized spacial score (nSPS) is 26.1. The maximum Gasteiger partial charge on any atom is 0.222 e. The Morgan fingerprint density at radius 3 is 2.50 bits per heavy atom. The van der Waals surface area contributed by atoms with E-state index in [1.54, 1.807) is 0 Å². The third-order valence-corrected chi connectivity index (χ3v) is 4.24. The van der Waals surface area contributed by atoms with Crippen LogP contribution in [-0.4, -0.2) is 45.9 Å². The lowest BCUT2D eigenvalue weighted by molar-refractivity contribution is -0.130. The number of piperidine rings is 1. The van der Waals surface area contributed by atoms with Gasteiger partial charge < -0.3 is 4.90 Å². The summed E-state index contributed by atoms with van der Waals surface area (Å²) in [6.45, 7) is 3.34. The molecule has 0 aromatic carbocycles. The predicted molar refractivity (Wildman–Crippen MR) is 64.4 cm³/mol. The summed E-state index contributed by atoms with van der Waals surface area (Å²) in [5.41, 5.74) is 0. The molecule has 0 aromatic rings. The Labute approximate surface area is 99.0 Å². The van der Waals surface area contributed by atoms with E-state index >= 15 is 0 Å². The lowest BCUT2D eigenvalue weighted by atomic mass is 10.0. The van der Waals surface area contributed by atoms with Crippen molar-refractivity contribution in [3.8, 4) is 0 Å². The minimum Gasteiger partial charge on any atom is -0.340 e. The number of hydrogen-bond acceptors (Lipinski definition) is 2. The van der Waals surface area contributed by atoms with Crippen molar-refractivity contribution in [1.29, 1.82) is 0 Å². The molecule has 0 spiro atoms. The first-order valence-electron chi connectivity index (χ1n) is 5.39. The van der Waals surface area contributed by atoms with Gasteiger partial charge in [0.15, 0.2) is 0 Å². The number of halogens is 1. The van der Waals surface area contributed by atoms with Gasteiger partial charge in [-0.25, -0.2) is 0 Å². The van der Waals surface area contributed by atoms with Gasteiger partial charge in [-0.15, -0.1) is 0 Å². The number of alkyl halides is 1. The molecule has 2 heterocycles. The van der Waals surface area contributed by atoms with E-state index in [1.165, 1.54) is 12.8 Å². The molecule has 3 nitrogen and oxygen atoms in total. The Kier molecular flexibility index (Phi) is 3.65. The van der Waals surface area contributed by atoms with Crippen LogP contribution in [0.1, 0.15) is 25.7 Å². The highest BCUT2D eigenvalue weighted by Gasteiger charge is 2.30. The van der Waals surface area contributed by atoms with E-state index in [2.05, 4.69) is 32.4 Å². The predicted octanol–water partition coefficient (Wildman–Crippen LogP) is 1.47. The number of nitrogens with zero attached hydrogens (tertiary/aromatic N) is 2. The fraction of sp³-hybridized carbons (Fsp3) is 0.900. The zero-order valence-corrected chi connectivity index (χ0v) is 10.6. The maximum atomic E-state index is 11.5. The van der Waals surface area contributed by atoms with Crippen molar-refractivity contribution in [3.63, 3.8) is 0 Å². The van der Waals surface area contributed by atoms with Crippen molar-refractivity contribution in [3.05, 3.63) is 0 Å². The number of carbonyl (C=O) groups is 1. The average Bonchev–Trinajstić information content (AvgIpc) is 2.65. The van der Waals surface area contributed by atoms with E-state index in [4.69, 9.17) is 0 Å². The number of carbonyl (C=O) groups excluding carboxylic acids is 1. The Balaban J connectivity index is 1.85. The first kappa shape index (κ1) is 10.7. The van der Waals surface area contributed by atoms with Crippen LogP contribution >= 0.6 is 22.6 Å². The largest absolute Gasteiger partial charge is 0.340 e. The van der Waals surface area contributed by atoms with E-state index in [0.717, 1.165) is 37.0 Å². The second-order valence-corrected chi connectivity index (χ2v) is 4.84. The molecule has 2 fully saturated rings. The third-order valence-electron chi connectivity index (χ3n) is 3.28. The zero-order chi connectivity index (χ0) is 9.97. The van der Waals surface area contributed by atoms with Gasteiger partial charge >= 0.3 is 0 Å². The Morgan fingerprint density at radius 1 is 1.29 bits per heavy atom. The topological polar surface area (TPSA) is 23.6 Å². The maximum absolute atomic E-state index is 11.5. The van der Waals surface area contributed by atoms with Crippen molar-refractivity contribution in [2.24, 2.45) is 0 Å². The Morgan fingerprint density at radius 2 is 2.00 bits per heavy atom. The van der Waals surface area contributed by atoms with Crippen LogP contribution in [0.2, 0.25) is 0 Å². The smallest absolute Gasteiger partial charge is 0.222 e. The molecular formula is C10H17IN2O. The molecule has 2 aliphatic heterocycles. The number of amides is 1. The van der Waals surface area contributed by atoms with Gasteiger partial charge in [0.2, 0.25) is 5.91 Å². The van der Waals surface area contributed by atoms with Gasteiger partial charge in [-0.2, -0.15) is 0 Å². The van der Waals surface area contributed by atoms with E-state index < -0.39 is 0 Å². The summed E-state index contributed by atoms with van der Waals surface area (Å²) >= 11 is 2.41. The molecule has 0 N–H and O–H groups in total. The summed E-state index contributed by atoms with van der Waals surface area (Å²) in [5, 5.41) is 0. The van der Waals surface area contributed by atoms with E-state index in [0.29, 0.717) is 11.9 Å². The van der Waals surface area contributed by atoms with Crippen LogP contribution in [-0.2, 0) is 4.79 Å². The summed E-state index contributed by atoms with van der Waals surface area (Å²) in [7, 11) is 0. The summed E-state index contributed by atoms with van der Waals surface area (Å²) in [5.74, 6) is 0.387. The Bertz CT molecular complexity index is 214. The van der Waals surface area contributed by atoms with Crippen LogP contribution in [0, 0.1) is 0 Å². The fourth-order valence-corrected chi connectivity index (χ4v) is 3.09. The van der Waals surface area contributed by atoms with Gasteiger partial charge in [0.1, 0.15) is 0 Å². The standard InChI is InChI=1S/C10H17IN2O/c11-8-12-6-3-9(4-7-12)13-5-1-2-10(13)14/h9H,1-8H2.